The van der Waals surface area contributed by atoms with Crippen LogP contribution >= 0.6 is 0 Å². The Morgan fingerprint density at radius 2 is 0.550 bits per heavy atom. The molecule has 0 aromatic carbocycles. The summed E-state index contributed by atoms with van der Waals surface area (Å²) in [6.07, 6.45) is 48.1. The molecule has 0 amide bonds. The van der Waals surface area contributed by atoms with Gasteiger partial charge in [-0.3, -0.25) is 14.4 Å². The van der Waals surface area contributed by atoms with Crippen molar-refractivity contribution in [3.8, 4) is 0 Å². The number of ether oxygens (including phenoxy) is 3. The smallest absolute Gasteiger partial charge is 0.306 e. The third kappa shape index (κ3) is 47.5. The molecule has 0 saturated carbocycles. The molecular weight excluding hydrogens is 745 g/mol. The van der Waals surface area contributed by atoms with Crippen LogP contribution in [0.2, 0.25) is 0 Å². The Morgan fingerprint density at radius 1 is 0.317 bits per heavy atom. The van der Waals surface area contributed by atoms with E-state index in [1.807, 2.05) is 0 Å². The van der Waals surface area contributed by atoms with Crippen molar-refractivity contribution in [1.29, 1.82) is 0 Å². The zero-order valence-electron chi connectivity index (χ0n) is 41.1. The van der Waals surface area contributed by atoms with Crippen molar-refractivity contribution in [2.24, 2.45) is 11.8 Å². The maximum atomic E-state index is 12.8. The van der Waals surface area contributed by atoms with Gasteiger partial charge in [0.05, 0.1) is 0 Å². The van der Waals surface area contributed by atoms with Crippen LogP contribution in [-0.4, -0.2) is 37.2 Å². The summed E-state index contributed by atoms with van der Waals surface area (Å²) in [5.74, 6) is 0.795. The second kappa shape index (κ2) is 46.9. The van der Waals surface area contributed by atoms with Gasteiger partial charge in [-0.2, -0.15) is 0 Å². The van der Waals surface area contributed by atoms with Crippen molar-refractivity contribution in [3.63, 3.8) is 0 Å². The summed E-state index contributed by atoms with van der Waals surface area (Å²) >= 11 is 0. The predicted molar refractivity (Wildman–Crippen MR) is 256 cm³/mol. The van der Waals surface area contributed by atoms with Crippen molar-refractivity contribution < 1.29 is 28.6 Å². The Balaban J connectivity index is 4.26. The lowest BCUT2D eigenvalue weighted by Gasteiger charge is -2.18. The van der Waals surface area contributed by atoms with E-state index in [9.17, 15) is 14.4 Å². The maximum absolute atomic E-state index is 12.8. The largest absolute Gasteiger partial charge is 0.462 e. The van der Waals surface area contributed by atoms with Gasteiger partial charge in [-0.25, -0.2) is 0 Å². The van der Waals surface area contributed by atoms with Crippen LogP contribution in [-0.2, 0) is 28.6 Å². The summed E-state index contributed by atoms with van der Waals surface area (Å²) in [7, 11) is 0. The van der Waals surface area contributed by atoms with Crippen LogP contribution in [0.25, 0.3) is 0 Å². The topological polar surface area (TPSA) is 78.9 Å². The van der Waals surface area contributed by atoms with Gasteiger partial charge in [-0.05, 0) is 31.1 Å². The minimum Gasteiger partial charge on any atom is -0.462 e. The molecule has 0 radical (unpaired) electrons. The number of esters is 3. The van der Waals surface area contributed by atoms with E-state index in [-0.39, 0.29) is 31.1 Å². The highest BCUT2D eigenvalue weighted by atomic mass is 16.6. The highest BCUT2D eigenvalue weighted by molar-refractivity contribution is 5.71. The molecule has 0 bridgehead atoms. The van der Waals surface area contributed by atoms with Crippen molar-refractivity contribution in [2.45, 2.75) is 304 Å². The van der Waals surface area contributed by atoms with Crippen LogP contribution in [0.3, 0.4) is 0 Å². The Labute approximate surface area is 374 Å². The molecule has 0 fully saturated rings. The highest BCUT2D eigenvalue weighted by Gasteiger charge is 2.19. The first-order valence-corrected chi connectivity index (χ1v) is 26.7. The molecule has 0 aliphatic carbocycles. The van der Waals surface area contributed by atoms with E-state index >= 15 is 0 Å². The molecule has 0 heterocycles. The normalized spacial score (nSPS) is 12.1. The maximum Gasteiger partial charge on any atom is 0.306 e. The third-order valence-electron chi connectivity index (χ3n) is 12.2. The lowest BCUT2D eigenvalue weighted by molar-refractivity contribution is -0.167. The minimum absolute atomic E-state index is 0.0638. The summed E-state index contributed by atoms with van der Waals surface area (Å²) in [5.41, 5.74) is 0. The lowest BCUT2D eigenvalue weighted by atomic mass is 10.0. The quantitative estimate of drug-likeness (QED) is 0.0345. The van der Waals surface area contributed by atoms with Crippen LogP contribution in [0.1, 0.15) is 298 Å². The second-order valence-electron chi connectivity index (χ2n) is 19.5. The van der Waals surface area contributed by atoms with Gasteiger partial charge in [0.1, 0.15) is 13.2 Å². The van der Waals surface area contributed by atoms with Gasteiger partial charge in [0.2, 0.25) is 0 Å². The standard InChI is InChI=1S/C54H104O6/c1-6-7-8-9-10-11-12-16-20-23-29-34-39-44-52(55)58-47-51(60-54(57)46-41-36-31-26-25-28-33-38-43-50(4)5)48-59-53(56)45-40-35-30-24-21-18-15-13-14-17-19-22-27-32-37-42-49(2)3/h49-51H,6-48H2,1-5H3/t51-/m0/s1. The Bertz CT molecular complexity index is 916. The zero-order valence-corrected chi connectivity index (χ0v) is 41.1. The monoisotopic (exact) mass is 849 g/mol. The van der Waals surface area contributed by atoms with Crippen LogP contribution in [0.5, 0.6) is 0 Å². The van der Waals surface area contributed by atoms with Crippen LogP contribution in [0, 0.1) is 11.8 Å². The molecule has 6 nitrogen and oxygen atoms in total. The molecule has 356 valence electrons. The van der Waals surface area contributed by atoms with Crippen LogP contribution in [0.15, 0.2) is 0 Å². The summed E-state index contributed by atoms with van der Waals surface area (Å²) < 4.78 is 16.8. The van der Waals surface area contributed by atoms with E-state index in [4.69, 9.17) is 14.2 Å². The van der Waals surface area contributed by atoms with Crippen molar-refractivity contribution in [2.75, 3.05) is 13.2 Å². The molecule has 60 heavy (non-hydrogen) atoms. The fraction of sp³-hybridized carbons (Fsp3) is 0.944. The fourth-order valence-corrected chi connectivity index (χ4v) is 8.17. The van der Waals surface area contributed by atoms with Gasteiger partial charge < -0.3 is 14.2 Å². The molecule has 0 aliphatic heterocycles. The molecular formula is C54H104O6. The van der Waals surface area contributed by atoms with E-state index in [0.29, 0.717) is 19.3 Å². The molecule has 0 aromatic heterocycles. The zero-order chi connectivity index (χ0) is 44.0. The Morgan fingerprint density at radius 3 is 0.817 bits per heavy atom. The van der Waals surface area contributed by atoms with Crippen molar-refractivity contribution in [1.82, 2.24) is 0 Å². The van der Waals surface area contributed by atoms with E-state index in [0.717, 1.165) is 69.6 Å². The number of carbonyl (C=O) groups excluding carboxylic acids is 3. The van der Waals surface area contributed by atoms with Gasteiger partial charge in [0.25, 0.3) is 0 Å². The second-order valence-corrected chi connectivity index (χ2v) is 19.5. The van der Waals surface area contributed by atoms with E-state index in [2.05, 4.69) is 34.6 Å². The molecule has 0 aromatic rings. The van der Waals surface area contributed by atoms with Gasteiger partial charge in [0.15, 0.2) is 6.10 Å². The fourth-order valence-electron chi connectivity index (χ4n) is 8.17. The average Bonchev–Trinajstić information content (AvgIpc) is 3.22. The average molecular weight is 849 g/mol. The van der Waals surface area contributed by atoms with Crippen molar-refractivity contribution in [3.05, 3.63) is 0 Å². The van der Waals surface area contributed by atoms with E-state index < -0.39 is 6.10 Å². The highest BCUT2D eigenvalue weighted by Crippen LogP contribution is 2.17. The van der Waals surface area contributed by atoms with Gasteiger partial charge in [0, 0.05) is 19.3 Å². The Kier molecular flexibility index (Phi) is 45.7. The summed E-state index contributed by atoms with van der Waals surface area (Å²) in [4.78, 5) is 38.0. The van der Waals surface area contributed by atoms with Crippen LogP contribution < -0.4 is 0 Å². The predicted octanol–water partition coefficient (Wildman–Crippen LogP) is 17.3. The molecule has 0 saturated heterocycles. The lowest BCUT2D eigenvalue weighted by Crippen LogP contribution is -2.30. The molecule has 0 spiro atoms. The number of carbonyl (C=O) groups is 3. The Hall–Kier alpha value is -1.59. The summed E-state index contributed by atoms with van der Waals surface area (Å²) in [6, 6.07) is 0. The molecule has 6 heteroatoms. The SMILES string of the molecule is CCCCCCCCCCCCCCCC(=O)OC[C@@H](COC(=O)CCCCCCCCCCCCCCCCCC(C)C)OC(=O)CCCCCCCCCCC(C)C. The van der Waals surface area contributed by atoms with E-state index in [1.54, 1.807) is 0 Å². The minimum atomic E-state index is -0.762. The third-order valence-corrected chi connectivity index (χ3v) is 12.2. The molecule has 0 N–H and O–H groups in total. The molecule has 1 atom stereocenters. The first-order chi connectivity index (χ1) is 29.2. The first kappa shape index (κ1) is 58.4. The van der Waals surface area contributed by atoms with Crippen molar-refractivity contribution >= 4 is 17.9 Å². The van der Waals surface area contributed by atoms with Crippen LogP contribution in [0.4, 0.5) is 0 Å². The number of hydrogen-bond acceptors (Lipinski definition) is 6. The first-order valence-electron chi connectivity index (χ1n) is 26.7. The number of rotatable bonds is 48. The number of hydrogen-bond donors (Lipinski definition) is 0. The van der Waals surface area contributed by atoms with Gasteiger partial charge in [-0.1, -0.05) is 259 Å². The van der Waals surface area contributed by atoms with E-state index in [1.165, 1.54) is 186 Å². The number of unbranched alkanes of at least 4 members (excludes halogenated alkanes) is 33. The van der Waals surface area contributed by atoms with Gasteiger partial charge in [-0.15, -0.1) is 0 Å². The summed E-state index contributed by atoms with van der Waals surface area (Å²) in [6.45, 7) is 11.4. The molecule has 0 aliphatic rings. The summed E-state index contributed by atoms with van der Waals surface area (Å²) in [5, 5.41) is 0. The van der Waals surface area contributed by atoms with Gasteiger partial charge >= 0.3 is 17.9 Å². The molecule has 0 unspecified atom stereocenters. The molecule has 0 rings (SSSR count).